The minimum Gasteiger partial charge on any atom is -0.315 e. The average Bonchev–Trinajstić information content (AvgIpc) is 2.56. The zero-order valence-corrected chi connectivity index (χ0v) is 13.3. The Morgan fingerprint density at radius 3 is 2.71 bits per heavy atom. The van der Waals surface area contributed by atoms with Crippen molar-refractivity contribution in [3.05, 3.63) is 35.9 Å². The van der Waals surface area contributed by atoms with Crippen LogP contribution in [0.15, 0.2) is 30.3 Å². The van der Waals surface area contributed by atoms with E-state index in [1.807, 2.05) is 0 Å². The molecule has 0 amide bonds. The summed E-state index contributed by atoms with van der Waals surface area (Å²) in [6, 6.07) is 12.4. The first-order valence-electron chi connectivity index (χ1n) is 8.52. The minimum absolute atomic E-state index is 0.729. The Labute approximate surface area is 129 Å². The van der Waals surface area contributed by atoms with Gasteiger partial charge >= 0.3 is 0 Å². The molecule has 0 saturated carbocycles. The Bertz CT molecular complexity index is 414. The summed E-state index contributed by atoms with van der Waals surface area (Å²) in [5, 5.41) is 3.55. The van der Waals surface area contributed by atoms with Crippen LogP contribution in [0.4, 0.5) is 0 Å². The third-order valence-electron chi connectivity index (χ3n) is 5.15. The molecule has 2 heterocycles. The van der Waals surface area contributed by atoms with Crippen LogP contribution in [-0.4, -0.2) is 55.1 Å². The van der Waals surface area contributed by atoms with Crippen molar-refractivity contribution in [1.29, 1.82) is 0 Å². The number of hydrogen-bond donors (Lipinski definition) is 1. The smallest absolute Gasteiger partial charge is 0.0234 e. The largest absolute Gasteiger partial charge is 0.315 e. The van der Waals surface area contributed by atoms with Crippen LogP contribution >= 0.6 is 0 Å². The predicted octanol–water partition coefficient (Wildman–Crippen LogP) is 2.33. The molecule has 0 spiro atoms. The van der Waals surface area contributed by atoms with E-state index < -0.39 is 0 Å². The Morgan fingerprint density at radius 1 is 1.14 bits per heavy atom. The highest BCUT2D eigenvalue weighted by Crippen LogP contribution is 2.21. The first-order valence-corrected chi connectivity index (χ1v) is 8.52. The number of nitrogens with zero attached hydrogens (tertiary/aromatic N) is 2. The Balaban J connectivity index is 1.55. The van der Waals surface area contributed by atoms with E-state index >= 15 is 0 Å². The first-order chi connectivity index (χ1) is 10.3. The number of benzene rings is 1. The van der Waals surface area contributed by atoms with Crippen molar-refractivity contribution in [3.8, 4) is 0 Å². The van der Waals surface area contributed by atoms with Crippen molar-refractivity contribution < 1.29 is 0 Å². The van der Waals surface area contributed by atoms with Crippen molar-refractivity contribution in [2.45, 2.75) is 44.3 Å². The quantitative estimate of drug-likeness (QED) is 0.917. The molecule has 0 bridgehead atoms. The maximum Gasteiger partial charge on any atom is 0.0234 e. The van der Waals surface area contributed by atoms with Gasteiger partial charge in [0.1, 0.15) is 0 Å². The Kier molecular flexibility index (Phi) is 5.28. The van der Waals surface area contributed by atoms with Crippen molar-refractivity contribution in [1.82, 2.24) is 15.1 Å². The molecule has 2 saturated heterocycles. The minimum atomic E-state index is 0.729. The van der Waals surface area contributed by atoms with Gasteiger partial charge < -0.3 is 5.32 Å². The van der Waals surface area contributed by atoms with Gasteiger partial charge in [0.15, 0.2) is 0 Å². The zero-order valence-electron chi connectivity index (χ0n) is 13.3. The van der Waals surface area contributed by atoms with Crippen LogP contribution in [0.1, 0.15) is 31.2 Å². The lowest BCUT2D eigenvalue weighted by Gasteiger charge is -2.42. The van der Waals surface area contributed by atoms with Crippen molar-refractivity contribution in [3.63, 3.8) is 0 Å². The number of piperidine rings is 2. The lowest BCUT2D eigenvalue weighted by Crippen LogP contribution is -2.53. The molecule has 3 rings (SSSR count). The summed E-state index contributed by atoms with van der Waals surface area (Å²) in [5.74, 6) is 0. The number of likely N-dealkylation sites (N-methyl/N-ethyl adjacent to an activating group) is 1. The highest BCUT2D eigenvalue weighted by atomic mass is 15.2. The lowest BCUT2D eigenvalue weighted by atomic mass is 9.99. The topological polar surface area (TPSA) is 18.5 Å². The van der Waals surface area contributed by atoms with Gasteiger partial charge in [-0.3, -0.25) is 9.80 Å². The van der Waals surface area contributed by atoms with Gasteiger partial charge in [-0.1, -0.05) is 30.3 Å². The van der Waals surface area contributed by atoms with Gasteiger partial charge in [0.05, 0.1) is 0 Å². The van der Waals surface area contributed by atoms with Gasteiger partial charge in [-0.05, 0) is 51.4 Å². The van der Waals surface area contributed by atoms with Crippen LogP contribution in [0.2, 0.25) is 0 Å². The Morgan fingerprint density at radius 2 is 1.95 bits per heavy atom. The standard InChI is InChI=1S/C18H29N3/c1-20(17-9-5-11-19-13-17)18-10-6-12-21(15-18)14-16-7-3-2-4-8-16/h2-4,7-8,17-19H,5-6,9-15H2,1H3. The summed E-state index contributed by atoms with van der Waals surface area (Å²) in [5.41, 5.74) is 1.44. The number of nitrogens with one attached hydrogen (secondary N) is 1. The fourth-order valence-corrected chi connectivity index (χ4v) is 3.83. The SMILES string of the molecule is CN(C1CCCNC1)C1CCCN(Cc2ccccc2)C1. The summed E-state index contributed by atoms with van der Waals surface area (Å²) < 4.78 is 0. The number of rotatable bonds is 4. The molecule has 3 nitrogen and oxygen atoms in total. The van der Waals surface area contributed by atoms with E-state index in [1.54, 1.807) is 0 Å². The molecular formula is C18H29N3. The van der Waals surface area contributed by atoms with E-state index in [9.17, 15) is 0 Å². The molecular weight excluding hydrogens is 258 g/mol. The normalized spacial score (nSPS) is 27.9. The molecule has 2 fully saturated rings. The van der Waals surface area contributed by atoms with Crippen molar-refractivity contribution >= 4 is 0 Å². The second-order valence-electron chi connectivity index (χ2n) is 6.68. The van der Waals surface area contributed by atoms with Gasteiger partial charge in [0, 0.05) is 31.7 Å². The van der Waals surface area contributed by atoms with E-state index in [1.165, 1.54) is 57.4 Å². The molecule has 0 aromatic heterocycles. The molecule has 1 aromatic rings. The van der Waals surface area contributed by atoms with E-state index in [0.717, 1.165) is 18.6 Å². The second-order valence-corrected chi connectivity index (χ2v) is 6.68. The molecule has 2 unspecified atom stereocenters. The van der Waals surface area contributed by atoms with Crippen molar-refractivity contribution in [2.24, 2.45) is 0 Å². The molecule has 2 aliphatic heterocycles. The Hall–Kier alpha value is -0.900. The highest BCUT2D eigenvalue weighted by Gasteiger charge is 2.28. The summed E-state index contributed by atoms with van der Waals surface area (Å²) in [7, 11) is 2.34. The summed E-state index contributed by atoms with van der Waals surface area (Å²) in [6.45, 7) is 5.96. The zero-order chi connectivity index (χ0) is 14.5. The van der Waals surface area contributed by atoms with E-state index in [0.29, 0.717) is 0 Å². The fourth-order valence-electron chi connectivity index (χ4n) is 3.83. The maximum absolute atomic E-state index is 3.55. The molecule has 2 aliphatic rings. The lowest BCUT2D eigenvalue weighted by molar-refractivity contribution is 0.0727. The monoisotopic (exact) mass is 287 g/mol. The first kappa shape index (κ1) is 15.0. The maximum atomic E-state index is 3.55. The molecule has 0 aliphatic carbocycles. The van der Waals surface area contributed by atoms with Crippen LogP contribution in [0, 0.1) is 0 Å². The van der Waals surface area contributed by atoms with Gasteiger partial charge in [0.2, 0.25) is 0 Å². The third-order valence-corrected chi connectivity index (χ3v) is 5.15. The number of likely N-dealkylation sites (tertiary alicyclic amines) is 1. The van der Waals surface area contributed by atoms with E-state index in [4.69, 9.17) is 0 Å². The molecule has 3 heteroatoms. The van der Waals surface area contributed by atoms with Crippen LogP contribution in [0.25, 0.3) is 0 Å². The van der Waals surface area contributed by atoms with Crippen LogP contribution in [0.5, 0.6) is 0 Å². The molecule has 21 heavy (non-hydrogen) atoms. The third kappa shape index (κ3) is 4.06. The summed E-state index contributed by atoms with van der Waals surface area (Å²) in [6.07, 6.45) is 5.38. The van der Waals surface area contributed by atoms with Crippen molar-refractivity contribution in [2.75, 3.05) is 33.2 Å². The molecule has 1 N–H and O–H groups in total. The van der Waals surface area contributed by atoms with Gasteiger partial charge in [0.25, 0.3) is 0 Å². The molecule has 1 aromatic carbocycles. The van der Waals surface area contributed by atoms with E-state index in [-0.39, 0.29) is 0 Å². The van der Waals surface area contributed by atoms with Gasteiger partial charge in [-0.15, -0.1) is 0 Å². The van der Waals surface area contributed by atoms with Gasteiger partial charge in [-0.2, -0.15) is 0 Å². The molecule has 116 valence electrons. The van der Waals surface area contributed by atoms with Crippen LogP contribution in [0.3, 0.4) is 0 Å². The number of hydrogen-bond acceptors (Lipinski definition) is 3. The van der Waals surface area contributed by atoms with Crippen LogP contribution < -0.4 is 5.32 Å². The molecule has 2 atom stereocenters. The fraction of sp³-hybridized carbons (Fsp3) is 0.667. The highest BCUT2D eigenvalue weighted by molar-refractivity contribution is 5.14. The predicted molar refractivity (Wildman–Crippen MR) is 88.4 cm³/mol. The average molecular weight is 287 g/mol. The molecule has 0 radical (unpaired) electrons. The van der Waals surface area contributed by atoms with Crippen LogP contribution in [-0.2, 0) is 6.54 Å². The summed E-state index contributed by atoms with van der Waals surface area (Å²) in [4.78, 5) is 5.29. The second kappa shape index (κ2) is 7.39. The summed E-state index contributed by atoms with van der Waals surface area (Å²) >= 11 is 0. The van der Waals surface area contributed by atoms with E-state index in [2.05, 4.69) is 52.5 Å². The van der Waals surface area contributed by atoms with Gasteiger partial charge in [-0.25, -0.2) is 0 Å².